The van der Waals surface area contributed by atoms with Gasteiger partial charge in [-0.25, -0.2) is 9.97 Å². The molecule has 0 amide bonds. The van der Waals surface area contributed by atoms with Crippen molar-refractivity contribution in [2.45, 2.75) is 38.1 Å². The number of aliphatic hydroxyl groups is 1. The van der Waals surface area contributed by atoms with Gasteiger partial charge in [-0.05, 0) is 38.6 Å². The zero-order valence-corrected chi connectivity index (χ0v) is 11.3. The van der Waals surface area contributed by atoms with Crippen molar-refractivity contribution in [3.05, 3.63) is 17.6 Å². The Morgan fingerprint density at radius 1 is 1.32 bits per heavy atom. The molecule has 2 aliphatic rings. The van der Waals surface area contributed by atoms with Crippen molar-refractivity contribution in [1.29, 1.82) is 0 Å². The van der Waals surface area contributed by atoms with E-state index in [1.54, 1.807) is 6.33 Å². The lowest BCUT2D eigenvalue weighted by Gasteiger charge is -2.27. The van der Waals surface area contributed by atoms with Crippen LogP contribution in [0.4, 0.5) is 5.82 Å². The third-order valence-electron chi connectivity index (χ3n) is 4.12. The van der Waals surface area contributed by atoms with Crippen LogP contribution in [0.3, 0.4) is 0 Å². The lowest BCUT2D eigenvalue weighted by Crippen LogP contribution is -2.40. The maximum Gasteiger partial charge on any atom is 0.135 e. The molecule has 0 bridgehead atoms. The Balaban J connectivity index is 1.80. The van der Waals surface area contributed by atoms with Gasteiger partial charge in [0.25, 0.3) is 0 Å². The molecule has 1 unspecified atom stereocenters. The molecule has 104 valence electrons. The molecular weight excluding hydrogens is 240 g/mol. The van der Waals surface area contributed by atoms with E-state index < -0.39 is 0 Å². The Morgan fingerprint density at radius 2 is 2.26 bits per heavy atom. The van der Waals surface area contributed by atoms with Crippen molar-refractivity contribution in [3.8, 4) is 0 Å². The van der Waals surface area contributed by atoms with E-state index in [1.165, 1.54) is 30.5 Å². The second-order valence-electron chi connectivity index (χ2n) is 5.44. The summed E-state index contributed by atoms with van der Waals surface area (Å²) < 4.78 is 0. The smallest absolute Gasteiger partial charge is 0.135 e. The third kappa shape index (κ3) is 2.72. The molecule has 1 aromatic rings. The third-order valence-corrected chi connectivity index (χ3v) is 4.12. The van der Waals surface area contributed by atoms with Gasteiger partial charge in [-0.3, -0.25) is 0 Å². The summed E-state index contributed by atoms with van der Waals surface area (Å²) in [5.74, 6) is 1.05. The number of anilines is 1. The van der Waals surface area contributed by atoms with Gasteiger partial charge in [-0.2, -0.15) is 0 Å². The fourth-order valence-corrected chi connectivity index (χ4v) is 3.20. The zero-order valence-electron chi connectivity index (χ0n) is 11.3. The molecule has 1 atom stereocenters. The first-order valence-electron chi connectivity index (χ1n) is 7.30. The number of nitrogens with one attached hydrogen (secondary N) is 1. The highest BCUT2D eigenvalue weighted by molar-refractivity contribution is 5.50. The number of aliphatic hydroxyl groups excluding tert-OH is 1. The van der Waals surface area contributed by atoms with E-state index in [-0.39, 0.29) is 6.61 Å². The normalized spacial score (nSPS) is 21.6. The van der Waals surface area contributed by atoms with Crippen LogP contribution in [0.5, 0.6) is 0 Å². The topological polar surface area (TPSA) is 61.3 Å². The Labute approximate surface area is 114 Å². The van der Waals surface area contributed by atoms with Crippen LogP contribution in [-0.2, 0) is 12.8 Å². The van der Waals surface area contributed by atoms with Gasteiger partial charge < -0.3 is 15.3 Å². The number of nitrogens with zero attached hydrogens (tertiary/aromatic N) is 3. The van der Waals surface area contributed by atoms with Gasteiger partial charge in [-0.1, -0.05) is 0 Å². The van der Waals surface area contributed by atoms with Gasteiger partial charge in [0.05, 0.1) is 6.61 Å². The largest absolute Gasteiger partial charge is 0.395 e. The second-order valence-corrected chi connectivity index (χ2v) is 5.44. The highest BCUT2D eigenvalue weighted by Crippen LogP contribution is 2.28. The van der Waals surface area contributed by atoms with Gasteiger partial charge in [0.1, 0.15) is 12.1 Å². The van der Waals surface area contributed by atoms with Crippen molar-refractivity contribution in [3.63, 3.8) is 0 Å². The number of fused-ring (bicyclic) bond motifs is 1. The quantitative estimate of drug-likeness (QED) is 0.810. The van der Waals surface area contributed by atoms with Crippen molar-refractivity contribution in [1.82, 2.24) is 15.3 Å². The summed E-state index contributed by atoms with van der Waals surface area (Å²) in [5.41, 5.74) is 2.50. The average molecular weight is 262 g/mol. The first-order chi connectivity index (χ1) is 9.38. The van der Waals surface area contributed by atoms with E-state index in [2.05, 4.69) is 20.2 Å². The van der Waals surface area contributed by atoms with Gasteiger partial charge in [0.15, 0.2) is 0 Å². The minimum Gasteiger partial charge on any atom is -0.395 e. The molecule has 2 N–H and O–H groups in total. The van der Waals surface area contributed by atoms with Crippen molar-refractivity contribution < 1.29 is 5.11 Å². The van der Waals surface area contributed by atoms with Crippen molar-refractivity contribution in [2.75, 3.05) is 31.1 Å². The van der Waals surface area contributed by atoms with Crippen LogP contribution >= 0.6 is 0 Å². The van der Waals surface area contributed by atoms with Crippen LogP contribution in [0.2, 0.25) is 0 Å². The second kappa shape index (κ2) is 5.84. The Kier molecular flexibility index (Phi) is 3.94. The SMILES string of the molecule is OCCN(CC1CCCN1)c1ncnc2c1CCC2. The van der Waals surface area contributed by atoms with Crippen molar-refractivity contribution >= 4 is 5.82 Å². The number of aromatic nitrogens is 2. The zero-order chi connectivity index (χ0) is 13.1. The maximum absolute atomic E-state index is 9.31. The average Bonchev–Trinajstić information content (AvgIpc) is 3.08. The predicted octanol–water partition coefficient (Wildman–Crippen LogP) is 0.516. The summed E-state index contributed by atoms with van der Waals surface area (Å²) in [6.07, 6.45) is 7.46. The fourth-order valence-electron chi connectivity index (χ4n) is 3.20. The molecule has 0 aromatic carbocycles. The van der Waals surface area contributed by atoms with Gasteiger partial charge in [0, 0.05) is 30.4 Å². The van der Waals surface area contributed by atoms with Gasteiger partial charge in [-0.15, -0.1) is 0 Å². The number of aryl methyl sites for hydroxylation is 1. The molecule has 5 heteroatoms. The molecule has 3 rings (SSSR count). The fraction of sp³-hybridized carbons (Fsp3) is 0.714. The van der Waals surface area contributed by atoms with E-state index in [9.17, 15) is 5.11 Å². The summed E-state index contributed by atoms with van der Waals surface area (Å²) in [6.45, 7) is 2.87. The summed E-state index contributed by atoms with van der Waals surface area (Å²) in [4.78, 5) is 11.1. The molecule has 0 spiro atoms. The molecule has 1 fully saturated rings. The minimum atomic E-state index is 0.172. The standard InChI is InChI=1S/C14H22N4O/c19-8-7-18(9-11-3-2-6-15-11)14-12-4-1-5-13(12)16-10-17-14/h10-11,15,19H,1-9H2. The highest BCUT2D eigenvalue weighted by atomic mass is 16.3. The van der Waals surface area contributed by atoms with Crippen molar-refractivity contribution in [2.24, 2.45) is 0 Å². The molecule has 1 aromatic heterocycles. The van der Waals surface area contributed by atoms with Gasteiger partial charge >= 0.3 is 0 Å². The molecule has 19 heavy (non-hydrogen) atoms. The summed E-state index contributed by atoms with van der Waals surface area (Å²) in [5, 5.41) is 12.8. The monoisotopic (exact) mass is 262 g/mol. The summed E-state index contributed by atoms with van der Waals surface area (Å²) >= 11 is 0. The molecule has 0 saturated carbocycles. The lowest BCUT2D eigenvalue weighted by molar-refractivity contribution is 0.300. The number of hydrogen-bond acceptors (Lipinski definition) is 5. The van der Waals surface area contributed by atoms with Crippen LogP contribution in [0.1, 0.15) is 30.5 Å². The molecule has 0 radical (unpaired) electrons. The molecule has 2 heterocycles. The van der Waals surface area contributed by atoms with Crippen LogP contribution in [-0.4, -0.2) is 47.4 Å². The van der Waals surface area contributed by atoms with Crippen LogP contribution in [0.25, 0.3) is 0 Å². The lowest BCUT2D eigenvalue weighted by atomic mass is 10.2. The molecule has 1 aliphatic carbocycles. The molecular formula is C14H22N4O. The van der Waals surface area contributed by atoms with E-state index in [4.69, 9.17) is 0 Å². The van der Waals surface area contributed by atoms with E-state index >= 15 is 0 Å². The molecule has 1 saturated heterocycles. The Bertz CT molecular complexity index is 431. The summed E-state index contributed by atoms with van der Waals surface area (Å²) in [7, 11) is 0. The minimum absolute atomic E-state index is 0.172. The van der Waals surface area contributed by atoms with E-state index in [0.29, 0.717) is 12.6 Å². The van der Waals surface area contributed by atoms with Crippen LogP contribution in [0.15, 0.2) is 6.33 Å². The highest BCUT2D eigenvalue weighted by Gasteiger charge is 2.24. The first-order valence-corrected chi connectivity index (χ1v) is 7.30. The van der Waals surface area contributed by atoms with Gasteiger partial charge in [0.2, 0.25) is 0 Å². The van der Waals surface area contributed by atoms with Crippen LogP contribution in [0, 0.1) is 0 Å². The van der Waals surface area contributed by atoms with E-state index in [1.807, 2.05) is 0 Å². The Morgan fingerprint density at radius 3 is 3.05 bits per heavy atom. The number of rotatable bonds is 5. The van der Waals surface area contributed by atoms with Crippen LogP contribution < -0.4 is 10.2 Å². The molecule has 5 nitrogen and oxygen atoms in total. The first kappa shape index (κ1) is 12.8. The van der Waals surface area contributed by atoms with E-state index in [0.717, 1.165) is 31.7 Å². The predicted molar refractivity (Wildman–Crippen MR) is 74.4 cm³/mol. The molecule has 1 aliphatic heterocycles. The maximum atomic E-state index is 9.31. The number of hydrogen-bond donors (Lipinski definition) is 2. The summed E-state index contributed by atoms with van der Waals surface area (Å²) in [6, 6.07) is 0.526. The Hall–Kier alpha value is -1.20.